The highest BCUT2D eigenvalue weighted by atomic mass is 16.5. The first-order valence-corrected chi connectivity index (χ1v) is 10.4. The zero-order chi connectivity index (χ0) is 22.2. The van der Waals surface area contributed by atoms with Crippen molar-refractivity contribution in [2.45, 2.75) is 38.1 Å². The lowest BCUT2D eigenvalue weighted by Crippen LogP contribution is -2.51. The SMILES string of the molecule is CC(C)(CNC(=O)C1(NC(=O)OCC2c3ccccc3-c3ccccc32)CC1)C(=O)O. The molecule has 1 saturated carbocycles. The molecule has 0 radical (unpaired) electrons. The Morgan fingerprint density at radius 2 is 1.58 bits per heavy atom. The van der Waals surface area contributed by atoms with Gasteiger partial charge in [-0.2, -0.15) is 0 Å². The van der Waals surface area contributed by atoms with Crippen LogP contribution in [0.1, 0.15) is 43.7 Å². The summed E-state index contributed by atoms with van der Waals surface area (Å²) in [6.45, 7) is 3.22. The Balaban J connectivity index is 1.37. The summed E-state index contributed by atoms with van der Waals surface area (Å²) in [6, 6.07) is 16.1. The molecule has 0 spiro atoms. The fourth-order valence-corrected chi connectivity index (χ4v) is 3.91. The number of carbonyl (C=O) groups is 3. The van der Waals surface area contributed by atoms with Crippen molar-refractivity contribution in [2.75, 3.05) is 13.2 Å². The van der Waals surface area contributed by atoms with Crippen LogP contribution in [0.15, 0.2) is 48.5 Å². The van der Waals surface area contributed by atoms with Crippen LogP contribution in [-0.2, 0) is 14.3 Å². The minimum Gasteiger partial charge on any atom is -0.481 e. The van der Waals surface area contributed by atoms with E-state index in [9.17, 15) is 19.5 Å². The number of amides is 2. The van der Waals surface area contributed by atoms with Gasteiger partial charge in [0.15, 0.2) is 0 Å². The molecule has 2 amide bonds. The fraction of sp³-hybridized carbons (Fsp3) is 0.375. The van der Waals surface area contributed by atoms with Gasteiger partial charge in [0.1, 0.15) is 12.1 Å². The number of hydrogen-bond acceptors (Lipinski definition) is 4. The number of carboxylic acids is 1. The van der Waals surface area contributed by atoms with Crippen molar-refractivity contribution >= 4 is 18.0 Å². The third-order valence-corrected chi connectivity index (χ3v) is 6.14. The Morgan fingerprint density at radius 3 is 2.10 bits per heavy atom. The van der Waals surface area contributed by atoms with E-state index in [0.29, 0.717) is 12.8 Å². The maximum Gasteiger partial charge on any atom is 0.408 e. The highest BCUT2D eigenvalue weighted by Crippen LogP contribution is 2.44. The number of carboxylic acid groups (broad SMARTS) is 1. The predicted molar refractivity (Wildman–Crippen MR) is 115 cm³/mol. The summed E-state index contributed by atoms with van der Waals surface area (Å²) in [5.74, 6) is -1.43. The molecule has 4 rings (SSSR count). The van der Waals surface area contributed by atoms with E-state index in [4.69, 9.17) is 4.74 Å². The Morgan fingerprint density at radius 1 is 1.03 bits per heavy atom. The quantitative estimate of drug-likeness (QED) is 0.635. The van der Waals surface area contributed by atoms with E-state index in [2.05, 4.69) is 22.8 Å². The number of rotatable bonds is 7. The Labute approximate surface area is 180 Å². The number of ether oxygens (including phenoxy) is 1. The summed E-state index contributed by atoms with van der Waals surface area (Å²) in [4.78, 5) is 36.3. The highest BCUT2D eigenvalue weighted by Gasteiger charge is 2.52. The average Bonchev–Trinajstić information content (AvgIpc) is 3.46. The molecule has 3 N–H and O–H groups in total. The number of fused-ring (bicyclic) bond motifs is 3. The maximum atomic E-state index is 12.5. The van der Waals surface area contributed by atoms with Crippen molar-refractivity contribution in [2.24, 2.45) is 5.41 Å². The summed E-state index contributed by atoms with van der Waals surface area (Å²) >= 11 is 0. The van der Waals surface area contributed by atoms with Crippen LogP contribution in [0.5, 0.6) is 0 Å². The molecule has 0 heterocycles. The van der Waals surface area contributed by atoms with Gasteiger partial charge in [0.2, 0.25) is 5.91 Å². The van der Waals surface area contributed by atoms with Crippen molar-refractivity contribution in [1.29, 1.82) is 0 Å². The summed E-state index contributed by atoms with van der Waals surface area (Å²) in [7, 11) is 0. The van der Waals surface area contributed by atoms with Gasteiger partial charge in [0.25, 0.3) is 0 Å². The van der Waals surface area contributed by atoms with Gasteiger partial charge in [0, 0.05) is 12.5 Å². The second-order valence-corrected chi connectivity index (χ2v) is 8.90. The molecule has 7 heteroatoms. The topological polar surface area (TPSA) is 105 Å². The average molecular weight is 422 g/mol. The van der Waals surface area contributed by atoms with E-state index in [1.54, 1.807) is 0 Å². The highest BCUT2D eigenvalue weighted by molar-refractivity contribution is 5.93. The summed E-state index contributed by atoms with van der Waals surface area (Å²) in [5, 5.41) is 14.5. The Hall–Kier alpha value is -3.35. The lowest BCUT2D eigenvalue weighted by molar-refractivity contribution is -0.146. The summed E-state index contributed by atoms with van der Waals surface area (Å²) < 4.78 is 5.53. The zero-order valence-corrected chi connectivity index (χ0v) is 17.6. The van der Waals surface area contributed by atoms with Crippen LogP contribution < -0.4 is 10.6 Å². The van der Waals surface area contributed by atoms with E-state index in [-0.39, 0.29) is 25.0 Å². The molecule has 0 aromatic heterocycles. The third kappa shape index (κ3) is 4.00. The van der Waals surface area contributed by atoms with Gasteiger partial charge in [-0.05, 0) is 48.9 Å². The number of carbonyl (C=O) groups excluding carboxylic acids is 2. The molecule has 0 bridgehead atoms. The number of aliphatic carboxylic acids is 1. The molecule has 0 aliphatic heterocycles. The smallest absolute Gasteiger partial charge is 0.408 e. The van der Waals surface area contributed by atoms with E-state index in [1.165, 1.54) is 13.8 Å². The standard InChI is InChI=1S/C24H26N2O5/c1-23(2,21(28)29)14-25-20(27)24(11-12-24)26-22(30)31-13-19-17-9-5-3-7-15(17)16-8-4-6-10-18(16)19/h3-10,19H,11-14H2,1-2H3,(H,25,27)(H,26,30)(H,28,29). The Kier molecular flexibility index (Phi) is 5.21. The van der Waals surface area contributed by atoms with Crippen molar-refractivity contribution in [3.63, 3.8) is 0 Å². The van der Waals surface area contributed by atoms with Crippen molar-refractivity contribution in [3.05, 3.63) is 59.7 Å². The predicted octanol–water partition coefficient (Wildman–Crippen LogP) is 3.28. The van der Waals surface area contributed by atoms with Crippen LogP contribution in [0.3, 0.4) is 0 Å². The Bertz CT molecular complexity index is 996. The number of benzene rings is 2. The van der Waals surface area contributed by atoms with Gasteiger partial charge in [-0.3, -0.25) is 9.59 Å². The summed E-state index contributed by atoms with van der Waals surface area (Å²) in [5.41, 5.74) is 2.42. The second kappa shape index (κ2) is 7.72. The first kappa shape index (κ1) is 20.9. The molecule has 2 aliphatic carbocycles. The molecule has 31 heavy (non-hydrogen) atoms. The van der Waals surface area contributed by atoms with Gasteiger partial charge in [-0.15, -0.1) is 0 Å². The van der Waals surface area contributed by atoms with Gasteiger partial charge in [-0.1, -0.05) is 48.5 Å². The van der Waals surface area contributed by atoms with Gasteiger partial charge in [0.05, 0.1) is 5.41 Å². The third-order valence-electron chi connectivity index (χ3n) is 6.14. The largest absolute Gasteiger partial charge is 0.481 e. The molecule has 2 aromatic rings. The van der Waals surface area contributed by atoms with E-state index < -0.39 is 23.0 Å². The molecular weight excluding hydrogens is 396 g/mol. The van der Waals surface area contributed by atoms with Crippen LogP contribution in [-0.4, -0.2) is 41.8 Å². The zero-order valence-electron chi connectivity index (χ0n) is 17.6. The first-order chi connectivity index (χ1) is 14.7. The van der Waals surface area contributed by atoms with Crippen LogP contribution in [0.25, 0.3) is 11.1 Å². The number of nitrogens with one attached hydrogen (secondary N) is 2. The molecule has 2 aliphatic rings. The monoisotopic (exact) mass is 422 g/mol. The lowest BCUT2D eigenvalue weighted by Gasteiger charge is -2.23. The van der Waals surface area contributed by atoms with Crippen LogP contribution >= 0.6 is 0 Å². The normalized spacial score (nSPS) is 16.1. The molecule has 1 fully saturated rings. The van der Waals surface area contributed by atoms with E-state index in [1.807, 2.05) is 36.4 Å². The minimum absolute atomic E-state index is 0.0186. The lowest BCUT2D eigenvalue weighted by atomic mass is 9.94. The molecular formula is C24H26N2O5. The van der Waals surface area contributed by atoms with Crippen molar-refractivity contribution < 1.29 is 24.2 Å². The fourth-order valence-electron chi connectivity index (χ4n) is 3.91. The van der Waals surface area contributed by atoms with Gasteiger partial charge >= 0.3 is 12.1 Å². The van der Waals surface area contributed by atoms with Crippen LogP contribution in [0.4, 0.5) is 4.79 Å². The molecule has 162 valence electrons. The number of alkyl carbamates (subject to hydrolysis) is 1. The van der Waals surface area contributed by atoms with Gasteiger partial charge in [-0.25, -0.2) is 4.79 Å². The van der Waals surface area contributed by atoms with Crippen LogP contribution in [0.2, 0.25) is 0 Å². The maximum absolute atomic E-state index is 12.5. The van der Waals surface area contributed by atoms with Crippen molar-refractivity contribution in [1.82, 2.24) is 10.6 Å². The second-order valence-electron chi connectivity index (χ2n) is 8.90. The molecule has 7 nitrogen and oxygen atoms in total. The number of hydrogen-bond donors (Lipinski definition) is 3. The van der Waals surface area contributed by atoms with E-state index in [0.717, 1.165) is 22.3 Å². The van der Waals surface area contributed by atoms with Gasteiger partial charge < -0.3 is 20.5 Å². The first-order valence-electron chi connectivity index (χ1n) is 10.4. The molecule has 0 atom stereocenters. The summed E-state index contributed by atoms with van der Waals surface area (Å²) in [6.07, 6.45) is 0.347. The van der Waals surface area contributed by atoms with Crippen LogP contribution in [0, 0.1) is 5.41 Å². The molecule has 2 aromatic carbocycles. The molecule has 0 unspecified atom stereocenters. The van der Waals surface area contributed by atoms with Crippen molar-refractivity contribution in [3.8, 4) is 11.1 Å². The van der Waals surface area contributed by atoms with E-state index >= 15 is 0 Å². The minimum atomic E-state index is -1.09. The molecule has 0 saturated heterocycles.